The number of hydrogen-bond donors (Lipinski definition) is 0. The molecule has 1 aliphatic heterocycles. The molecule has 0 saturated heterocycles. The van der Waals surface area contributed by atoms with Crippen LogP contribution in [0.2, 0.25) is 5.02 Å². The van der Waals surface area contributed by atoms with E-state index in [4.69, 9.17) is 16.3 Å². The van der Waals surface area contributed by atoms with Gasteiger partial charge in [0.15, 0.2) is 0 Å². The van der Waals surface area contributed by atoms with Gasteiger partial charge in [-0.25, -0.2) is 4.39 Å². The third-order valence-corrected chi connectivity index (χ3v) is 7.64. The molecule has 1 atom stereocenters. The summed E-state index contributed by atoms with van der Waals surface area (Å²) in [4.78, 5) is 34.3. The second-order valence-electron chi connectivity index (χ2n) is 9.97. The number of nitrogens with zero attached hydrogens (tertiary/aromatic N) is 5. The summed E-state index contributed by atoms with van der Waals surface area (Å²) >= 11 is 6.56. The molecule has 0 aliphatic carbocycles. The summed E-state index contributed by atoms with van der Waals surface area (Å²) in [6.45, 7) is 5.13. The highest BCUT2D eigenvalue weighted by atomic mass is 35.5. The van der Waals surface area contributed by atoms with Gasteiger partial charge in [-0.1, -0.05) is 17.7 Å². The first-order valence-corrected chi connectivity index (χ1v) is 13.7. The van der Waals surface area contributed by atoms with E-state index in [1.165, 1.54) is 16.8 Å². The molecule has 0 N–H and O–H groups in total. The van der Waals surface area contributed by atoms with Crippen molar-refractivity contribution in [2.24, 2.45) is 7.05 Å². The van der Waals surface area contributed by atoms with Crippen LogP contribution in [0, 0.1) is 11.3 Å². The van der Waals surface area contributed by atoms with Gasteiger partial charge in [-0.2, -0.15) is 5.26 Å². The van der Waals surface area contributed by atoms with Crippen LogP contribution in [0.3, 0.4) is 0 Å². The zero-order chi connectivity index (χ0) is 29.0. The second-order valence-corrected chi connectivity index (χ2v) is 10.4. The lowest BCUT2D eigenvalue weighted by molar-refractivity contribution is 0.0669. The molecule has 0 spiro atoms. The van der Waals surface area contributed by atoms with Gasteiger partial charge in [-0.3, -0.25) is 14.6 Å². The second kappa shape index (κ2) is 12.6. The maximum absolute atomic E-state index is 14.0. The van der Waals surface area contributed by atoms with Crippen molar-refractivity contribution in [1.29, 1.82) is 5.26 Å². The summed E-state index contributed by atoms with van der Waals surface area (Å²) in [7, 11) is 3.53. The van der Waals surface area contributed by atoms with Crippen molar-refractivity contribution < 1.29 is 13.9 Å². The van der Waals surface area contributed by atoms with Crippen molar-refractivity contribution in [2.75, 3.05) is 40.0 Å². The molecule has 1 unspecified atom stereocenters. The zero-order valence-electron chi connectivity index (χ0n) is 23.2. The third-order valence-electron chi connectivity index (χ3n) is 7.32. The van der Waals surface area contributed by atoms with Crippen molar-refractivity contribution in [3.05, 3.63) is 80.0 Å². The Labute approximate surface area is 238 Å². The summed E-state index contributed by atoms with van der Waals surface area (Å²) in [6.07, 6.45) is 4.37. The molecular weight excluding hydrogens is 533 g/mol. The number of amides is 1. The van der Waals surface area contributed by atoms with Crippen LogP contribution >= 0.6 is 11.6 Å². The van der Waals surface area contributed by atoms with Gasteiger partial charge in [0.1, 0.15) is 24.1 Å². The quantitative estimate of drug-likeness (QED) is 0.357. The molecule has 0 bridgehead atoms. The number of pyridine rings is 2. The highest BCUT2D eigenvalue weighted by Gasteiger charge is 2.32. The van der Waals surface area contributed by atoms with Crippen molar-refractivity contribution in [3.8, 4) is 22.9 Å². The van der Waals surface area contributed by atoms with Gasteiger partial charge in [0, 0.05) is 62.3 Å². The van der Waals surface area contributed by atoms with Gasteiger partial charge in [0.05, 0.1) is 23.4 Å². The molecule has 0 saturated carbocycles. The minimum Gasteiger partial charge on any atom is -0.492 e. The van der Waals surface area contributed by atoms with Gasteiger partial charge >= 0.3 is 0 Å². The molecular formula is C30H33ClFN5O3. The summed E-state index contributed by atoms with van der Waals surface area (Å²) in [6, 6.07) is 8.78. The Hall–Kier alpha value is -3.74. The first kappa shape index (κ1) is 29.2. The molecule has 4 rings (SSSR count). The largest absolute Gasteiger partial charge is 0.492 e. The molecule has 2 aromatic heterocycles. The molecule has 0 fully saturated rings. The first-order chi connectivity index (χ1) is 19.2. The number of carbonyl (C=O) groups excluding carboxylic acids is 1. The van der Waals surface area contributed by atoms with Gasteiger partial charge in [0.25, 0.3) is 11.5 Å². The molecule has 1 aromatic carbocycles. The number of carbonyl (C=O) groups is 1. The average molecular weight is 566 g/mol. The topological polar surface area (TPSA) is 91.5 Å². The highest BCUT2D eigenvalue weighted by molar-refractivity contribution is 6.33. The minimum atomic E-state index is -0.431. The van der Waals surface area contributed by atoms with E-state index in [9.17, 15) is 19.2 Å². The van der Waals surface area contributed by atoms with Gasteiger partial charge < -0.3 is 19.1 Å². The molecule has 8 nitrogen and oxygen atoms in total. The molecule has 210 valence electrons. The van der Waals surface area contributed by atoms with Crippen LogP contribution in [0.5, 0.6) is 5.75 Å². The van der Waals surface area contributed by atoms with E-state index in [0.29, 0.717) is 72.2 Å². The summed E-state index contributed by atoms with van der Waals surface area (Å²) in [5.41, 5.74) is 4.62. The fourth-order valence-electron chi connectivity index (χ4n) is 5.01. The molecule has 1 amide bonds. The Bertz CT molecular complexity index is 1520. The number of nitriles is 1. The molecule has 40 heavy (non-hydrogen) atoms. The van der Waals surface area contributed by atoms with E-state index in [0.717, 1.165) is 16.7 Å². The number of hydrogen-bond acceptors (Lipinski definition) is 6. The Morgan fingerprint density at radius 2 is 1.95 bits per heavy atom. The van der Waals surface area contributed by atoms with Crippen LogP contribution in [0.25, 0.3) is 11.1 Å². The lowest BCUT2D eigenvalue weighted by atomic mass is 9.87. The summed E-state index contributed by atoms with van der Waals surface area (Å²) in [5, 5.41) is 9.72. The van der Waals surface area contributed by atoms with Crippen molar-refractivity contribution >= 4 is 17.5 Å². The fourth-order valence-corrected chi connectivity index (χ4v) is 5.26. The molecule has 3 aromatic rings. The van der Waals surface area contributed by atoms with E-state index in [1.54, 1.807) is 24.2 Å². The van der Waals surface area contributed by atoms with E-state index >= 15 is 0 Å². The van der Waals surface area contributed by atoms with Crippen LogP contribution in [0.15, 0.2) is 41.5 Å². The van der Waals surface area contributed by atoms with Crippen molar-refractivity contribution in [1.82, 2.24) is 19.4 Å². The van der Waals surface area contributed by atoms with Gasteiger partial charge in [0.2, 0.25) is 0 Å². The van der Waals surface area contributed by atoms with Crippen LogP contribution in [0.1, 0.15) is 52.6 Å². The lowest BCUT2D eigenvalue weighted by Gasteiger charge is -2.35. The predicted octanol–water partition coefficient (Wildman–Crippen LogP) is 4.57. The smallest absolute Gasteiger partial charge is 0.254 e. The normalized spacial score (nSPS) is 13.8. The van der Waals surface area contributed by atoms with Crippen molar-refractivity contribution in [3.63, 3.8) is 0 Å². The average Bonchev–Trinajstić information content (AvgIpc) is 2.94. The number of rotatable bonds is 10. The number of alkyl halides is 1. The number of aromatic nitrogens is 2. The number of halogens is 2. The van der Waals surface area contributed by atoms with Crippen LogP contribution in [0.4, 0.5) is 4.39 Å². The molecule has 1 aliphatic rings. The Morgan fingerprint density at radius 3 is 2.65 bits per heavy atom. The number of ether oxygens (including phenoxy) is 1. The van der Waals surface area contributed by atoms with E-state index in [2.05, 4.69) is 11.1 Å². The Morgan fingerprint density at radius 1 is 1.20 bits per heavy atom. The van der Waals surface area contributed by atoms with E-state index < -0.39 is 6.67 Å². The lowest BCUT2D eigenvalue weighted by Crippen LogP contribution is -2.40. The standard InChI is InChI=1S/C30H33ClFN5O3/c1-5-40-28-15-27(34-17-21(28)16-33)19(2)37-10-7-22-23(25-18-36(4)29(38)14-26(25)31)12-20(13-24(22)30(37)39)6-9-35(3)11-8-32/h12-15,17-19H,5-11H2,1-4H3. The van der Waals surface area contributed by atoms with Gasteiger partial charge in [-0.15, -0.1) is 0 Å². The maximum Gasteiger partial charge on any atom is 0.254 e. The number of aryl methyl sites for hydroxylation is 1. The first-order valence-electron chi connectivity index (χ1n) is 13.3. The SMILES string of the molecule is CCOc1cc(C(C)N2CCc3c(cc(CCN(C)CCF)cc3-c3cn(C)c(=O)cc3Cl)C2=O)ncc1C#N. The zero-order valence-corrected chi connectivity index (χ0v) is 24.0. The summed E-state index contributed by atoms with van der Waals surface area (Å²) < 4.78 is 20.0. The number of benzene rings is 1. The number of fused-ring (bicyclic) bond motifs is 1. The predicted molar refractivity (Wildman–Crippen MR) is 153 cm³/mol. The van der Waals surface area contributed by atoms with Crippen LogP contribution in [-0.4, -0.2) is 65.2 Å². The van der Waals surface area contributed by atoms with Crippen molar-refractivity contribution in [2.45, 2.75) is 32.7 Å². The number of likely N-dealkylation sites (N-methyl/N-ethyl adjacent to an activating group) is 1. The minimum absolute atomic E-state index is 0.140. The maximum atomic E-state index is 14.0. The Kier molecular flexibility index (Phi) is 9.23. The van der Waals surface area contributed by atoms with Gasteiger partial charge in [-0.05, 0) is 56.5 Å². The van der Waals surface area contributed by atoms with E-state index in [-0.39, 0.29) is 17.5 Å². The van der Waals surface area contributed by atoms with Crippen LogP contribution < -0.4 is 10.3 Å². The molecule has 0 radical (unpaired) electrons. The fraction of sp³-hybridized carbons (Fsp3) is 0.400. The Balaban J connectivity index is 1.76. The van der Waals surface area contributed by atoms with E-state index in [1.807, 2.05) is 37.9 Å². The third kappa shape index (κ3) is 6.03. The molecule has 3 heterocycles. The molecule has 10 heteroatoms. The monoisotopic (exact) mass is 565 g/mol. The highest BCUT2D eigenvalue weighted by Crippen LogP contribution is 2.37. The summed E-state index contributed by atoms with van der Waals surface area (Å²) in [5.74, 6) is 0.303. The van der Waals surface area contributed by atoms with Crippen LogP contribution in [-0.2, 0) is 19.9 Å².